The van der Waals surface area contributed by atoms with Crippen molar-refractivity contribution < 1.29 is 0 Å². The predicted octanol–water partition coefficient (Wildman–Crippen LogP) is 7.72. The van der Waals surface area contributed by atoms with Crippen LogP contribution in [0.25, 0.3) is 0 Å². The summed E-state index contributed by atoms with van der Waals surface area (Å²) in [5.41, 5.74) is 0.586. The molecule has 20 heavy (non-hydrogen) atoms. The average molecular weight is 282 g/mol. The predicted molar refractivity (Wildman–Crippen MR) is 94.1 cm³/mol. The highest BCUT2D eigenvalue weighted by Gasteiger charge is 2.27. The molecule has 0 atom stereocenters. The topological polar surface area (TPSA) is 0 Å². The Morgan fingerprint density at radius 2 is 1.05 bits per heavy atom. The molecular formula is C20H41. The Bertz CT molecular complexity index is 178. The summed E-state index contributed by atoms with van der Waals surface area (Å²) in [6.45, 7) is 11.9. The van der Waals surface area contributed by atoms with Crippen LogP contribution in [0, 0.1) is 11.3 Å². The van der Waals surface area contributed by atoms with E-state index < -0.39 is 0 Å². The Balaban J connectivity index is 4.48. The van der Waals surface area contributed by atoms with E-state index in [2.05, 4.69) is 34.6 Å². The van der Waals surface area contributed by atoms with Gasteiger partial charge in [0.15, 0.2) is 0 Å². The van der Waals surface area contributed by atoms with Crippen molar-refractivity contribution in [3.8, 4) is 0 Å². The van der Waals surface area contributed by atoms with Crippen molar-refractivity contribution in [2.24, 2.45) is 5.41 Å². The zero-order valence-electron chi connectivity index (χ0n) is 15.2. The first kappa shape index (κ1) is 20.0. The summed E-state index contributed by atoms with van der Waals surface area (Å²) in [5, 5.41) is 0. The third-order valence-corrected chi connectivity index (χ3v) is 4.71. The lowest BCUT2D eigenvalue weighted by Crippen LogP contribution is -2.20. The van der Waals surface area contributed by atoms with Crippen molar-refractivity contribution in [3.63, 3.8) is 0 Å². The molecular weight excluding hydrogens is 240 g/mol. The first-order valence-electron chi connectivity index (χ1n) is 9.45. The molecule has 0 aromatic heterocycles. The van der Waals surface area contributed by atoms with E-state index in [1.807, 2.05) is 5.92 Å². The van der Waals surface area contributed by atoms with Gasteiger partial charge in [-0.15, -0.1) is 0 Å². The molecule has 0 spiro atoms. The van der Waals surface area contributed by atoms with Crippen LogP contribution < -0.4 is 0 Å². The first-order chi connectivity index (χ1) is 9.61. The minimum atomic E-state index is 0.586. The highest BCUT2D eigenvalue weighted by atomic mass is 14.3. The highest BCUT2D eigenvalue weighted by Crippen LogP contribution is 2.40. The van der Waals surface area contributed by atoms with Gasteiger partial charge in [-0.25, -0.2) is 0 Å². The maximum absolute atomic E-state index is 2.57. The molecule has 121 valence electrons. The van der Waals surface area contributed by atoms with Crippen LogP contribution in [0.15, 0.2) is 0 Å². The van der Waals surface area contributed by atoms with Gasteiger partial charge in [-0.2, -0.15) is 0 Å². The van der Waals surface area contributed by atoms with E-state index in [1.165, 1.54) is 83.5 Å². The largest absolute Gasteiger partial charge is 0.0654 e. The molecule has 0 rings (SSSR count). The van der Waals surface area contributed by atoms with Crippen LogP contribution in [0.2, 0.25) is 0 Å². The van der Waals surface area contributed by atoms with Crippen LogP contribution in [0.4, 0.5) is 0 Å². The molecule has 0 fully saturated rings. The third-order valence-electron chi connectivity index (χ3n) is 4.71. The van der Waals surface area contributed by atoms with Gasteiger partial charge < -0.3 is 0 Å². The second-order valence-electron chi connectivity index (χ2n) is 7.15. The molecule has 0 aliphatic carbocycles. The standard InChI is InChI=1S/C20H41/c1-6-10-14-19(15-11-7-2)18-20(5,16-12-8-3)17-13-9-4/h6-18H2,1-5H3. The molecule has 0 N–H and O–H groups in total. The Labute approximate surface area is 130 Å². The fourth-order valence-electron chi connectivity index (χ4n) is 3.27. The molecule has 0 amide bonds. The summed E-state index contributed by atoms with van der Waals surface area (Å²) in [6.07, 6.45) is 18.1. The first-order valence-corrected chi connectivity index (χ1v) is 9.45. The van der Waals surface area contributed by atoms with Crippen LogP contribution in [0.5, 0.6) is 0 Å². The van der Waals surface area contributed by atoms with Crippen LogP contribution >= 0.6 is 0 Å². The van der Waals surface area contributed by atoms with Gasteiger partial charge in [-0.1, -0.05) is 86.0 Å². The molecule has 0 nitrogen and oxygen atoms in total. The number of hydrogen-bond donors (Lipinski definition) is 0. The van der Waals surface area contributed by atoms with Crippen LogP contribution in [0.3, 0.4) is 0 Å². The Morgan fingerprint density at radius 3 is 1.40 bits per heavy atom. The lowest BCUT2D eigenvalue weighted by Gasteiger charge is -2.34. The van der Waals surface area contributed by atoms with Crippen molar-refractivity contribution in [2.75, 3.05) is 0 Å². The quantitative estimate of drug-likeness (QED) is 0.306. The average Bonchev–Trinajstić information content (AvgIpc) is 2.46. The Kier molecular flexibility index (Phi) is 12.7. The SMILES string of the molecule is CCCC[C](CCCC)CC(C)(CCCC)CCCC. The Hall–Kier alpha value is 0. The van der Waals surface area contributed by atoms with E-state index in [0.717, 1.165) is 0 Å². The molecule has 0 aromatic carbocycles. The molecule has 1 radical (unpaired) electrons. The highest BCUT2D eigenvalue weighted by molar-refractivity contribution is 4.95. The van der Waals surface area contributed by atoms with E-state index in [9.17, 15) is 0 Å². The molecule has 0 saturated heterocycles. The van der Waals surface area contributed by atoms with E-state index in [1.54, 1.807) is 0 Å². The Morgan fingerprint density at radius 1 is 0.650 bits per heavy atom. The van der Waals surface area contributed by atoms with Gasteiger partial charge in [0.1, 0.15) is 0 Å². The van der Waals surface area contributed by atoms with E-state index >= 15 is 0 Å². The number of unbranched alkanes of at least 4 members (excludes halogenated alkanes) is 4. The van der Waals surface area contributed by atoms with Crippen molar-refractivity contribution in [1.82, 2.24) is 0 Å². The summed E-state index contributed by atoms with van der Waals surface area (Å²) < 4.78 is 0. The summed E-state index contributed by atoms with van der Waals surface area (Å²) >= 11 is 0. The minimum absolute atomic E-state index is 0.586. The van der Waals surface area contributed by atoms with Crippen molar-refractivity contribution in [1.29, 1.82) is 0 Å². The normalized spacial score (nSPS) is 12.3. The molecule has 0 bridgehead atoms. The van der Waals surface area contributed by atoms with Gasteiger partial charge in [0.2, 0.25) is 0 Å². The number of hydrogen-bond acceptors (Lipinski definition) is 0. The van der Waals surface area contributed by atoms with Gasteiger partial charge in [0.05, 0.1) is 0 Å². The van der Waals surface area contributed by atoms with E-state index in [0.29, 0.717) is 5.41 Å². The van der Waals surface area contributed by atoms with Crippen LogP contribution in [-0.4, -0.2) is 0 Å². The molecule has 0 saturated carbocycles. The third kappa shape index (κ3) is 9.83. The molecule has 0 aliphatic rings. The van der Waals surface area contributed by atoms with Gasteiger partial charge in [0.25, 0.3) is 0 Å². The summed E-state index contributed by atoms with van der Waals surface area (Å²) in [7, 11) is 0. The van der Waals surface area contributed by atoms with Crippen molar-refractivity contribution in [3.05, 3.63) is 5.92 Å². The molecule has 0 unspecified atom stereocenters. The second-order valence-corrected chi connectivity index (χ2v) is 7.15. The second kappa shape index (κ2) is 12.7. The maximum Gasteiger partial charge on any atom is -0.0236 e. The smallest absolute Gasteiger partial charge is 0.0236 e. The molecule has 0 aromatic rings. The molecule has 0 heteroatoms. The number of rotatable bonds is 14. The van der Waals surface area contributed by atoms with E-state index in [-0.39, 0.29) is 0 Å². The van der Waals surface area contributed by atoms with Gasteiger partial charge >= 0.3 is 0 Å². The van der Waals surface area contributed by atoms with Gasteiger partial charge in [-0.3, -0.25) is 0 Å². The lowest BCUT2D eigenvalue weighted by atomic mass is 9.72. The van der Waals surface area contributed by atoms with Crippen molar-refractivity contribution in [2.45, 2.75) is 118 Å². The minimum Gasteiger partial charge on any atom is -0.0654 e. The summed E-state index contributed by atoms with van der Waals surface area (Å²) in [6, 6.07) is 0. The van der Waals surface area contributed by atoms with Crippen LogP contribution in [-0.2, 0) is 0 Å². The molecule has 0 heterocycles. The monoisotopic (exact) mass is 281 g/mol. The fraction of sp³-hybridized carbons (Fsp3) is 0.950. The fourth-order valence-corrected chi connectivity index (χ4v) is 3.27. The lowest BCUT2D eigenvalue weighted by molar-refractivity contribution is 0.233. The zero-order chi connectivity index (χ0) is 15.3. The summed E-state index contributed by atoms with van der Waals surface area (Å²) in [5.74, 6) is 1.88. The van der Waals surface area contributed by atoms with Gasteiger partial charge in [0, 0.05) is 0 Å². The van der Waals surface area contributed by atoms with E-state index in [4.69, 9.17) is 0 Å². The molecule has 0 aliphatic heterocycles. The van der Waals surface area contributed by atoms with Crippen molar-refractivity contribution >= 4 is 0 Å². The maximum atomic E-state index is 2.57. The zero-order valence-corrected chi connectivity index (χ0v) is 15.2. The summed E-state index contributed by atoms with van der Waals surface area (Å²) in [4.78, 5) is 0. The van der Waals surface area contributed by atoms with Crippen LogP contribution in [0.1, 0.15) is 118 Å². The van der Waals surface area contributed by atoms with Gasteiger partial charge in [-0.05, 0) is 43.4 Å².